The van der Waals surface area contributed by atoms with E-state index in [1.165, 1.54) is 5.56 Å². The summed E-state index contributed by atoms with van der Waals surface area (Å²) in [6.45, 7) is 3.73. The van der Waals surface area contributed by atoms with E-state index in [0.29, 0.717) is 11.8 Å². The molecule has 0 fully saturated rings. The van der Waals surface area contributed by atoms with Crippen LogP contribution in [0.25, 0.3) is 0 Å². The minimum atomic E-state index is 0.519. The molecular formula is C14H19BrN6. The zero-order chi connectivity index (χ0) is 15.2. The summed E-state index contributed by atoms with van der Waals surface area (Å²) in [5.74, 6) is 1.17. The van der Waals surface area contributed by atoms with E-state index in [1.54, 1.807) is 6.20 Å². The van der Waals surface area contributed by atoms with Crippen molar-refractivity contribution in [3.8, 4) is 0 Å². The van der Waals surface area contributed by atoms with Crippen LogP contribution in [0.3, 0.4) is 0 Å². The minimum absolute atomic E-state index is 0.519. The Hall–Kier alpha value is -1.73. The average Bonchev–Trinajstić information content (AvgIpc) is 2.42. The second-order valence-corrected chi connectivity index (χ2v) is 5.86. The summed E-state index contributed by atoms with van der Waals surface area (Å²) in [4.78, 5) is 6.48. The number of aryl methyl sites for hydroxylation is 1. The lowest BCUT2D eigenvalue weighted by atomic mass is 10.2. The Morgan fingerprint density at radius 1 is 1.29 bits per heavy atom. The molecule has 0 amide bonds. The Labute approximate surface area is 133 Å². The molecule has 0 aliphatic heterocycles. The van der Waals surface area contributed by atoms with Crippen molar-refractivity contribution < 1.29 is 0 Å². The van der Waals surface area contributed by atoms with Gasteiger partial charge in [-0.15, -0.1) is 5.10 Å². The molecule has 0 saturated heterocycles. The molecule has 0 aliphatic rings. The third-order valence-corrected chi connectivity index (χ3v) is 3.44. The second-order valence-electron chi connectivity index (χ2n) is 5.00. The van der Waals surface area contributed by atoms with Gasteiger partial charge in [-0.05, 0) is 54.6 Å². The number of hydrogen-bond donors (Lipinski definition) is 2. The van der Waals surface area contributed by atoms with Crippen LogP contribution in [0, 0.1) is 6.92 Å². The number of benzene rings is 1. The van der Waals surface area contributed by atoms with Gasteiger partial charge in [0.1, 0.15) is 0 Å². The molecule has 2 N–H and O–H groups in total. The number of hydrogen-bond acceptors (Lipinski definition) is 6. The maximum atomic E-state index is 4.39. The van der Waals surface area contributed by atoms with E-state index in [4.69, 9.17) is 0 Å². The van der Waals surface area contributed by atoms with Crippen LogP contribution in [-0.4, -0.2) is 47.3 Å². The van der Waals surface area contributed by atoms with Gasteiger partial charge in [-0.3, -0.25) is 0 Å². The summed E-state index contributed by atoms with van der Waals surface area (Å²) >= 11 is 3.53. The molecule has 0 unspecified atom stereocenters. The quantitative estimate of drug-likeness (QED) is 0.834. The second kappa shape index (κ2) is 7.33. The van der Waals surface area contributed by atoms with Crippen LogP contribution in [0.2, 0.25) is 0 Å². The first-order valence-corrected chi connectivity index (χ1v) is 7.45. The molecule has 0 radical (unpaired) electrons. The van der Waals surface area contributed by atoms with Gasteiger partial charge in [0.2, 0.25) is 5.95 Å². The first kappa shape index (κ1) is 15.7. The van der Waals surface area contributed by atoms with Crippen LogP contribution in [0.5, 0.6) is 0 Å². The summed E-state index contributed by atoms with van der Waals surface area (Å²) in [5, 5.41) is 14.3. The van der Waals surface area contributed by atoms with Gasteiger partial charge in [0.05, 0.1) is 11.9 Å². The van der Waals surface area contributed by atoms with Gasteiger partial charge in [0.15, 0.2) is 5.82 Å². The van der Waals surface area contributed by atoms with Gasteiger partial charge in [-0.2, -0.15) is 10.1 Å². The smallest absolute Gasteiger partial charge is 0.244 e. The Morgan fingerprint density at radius 3 is 2.81 bits per heavy atom. The normalized spacial score (nSPS) is 10.7. The fourth-order valence-electron chi connectivity index (χ4n) is 1.69. The Kier molecular flexibility index (Phi) is 5.46. The van der Waals surface area contributed by atoms with Crippen molar-refractivity contribution in [1.29, 1.82) is 0 Å². The molecule has 0 saturated carbocycles. The van der Waals surface area contributed by atoms with E-state index in [1.807, 2.05) is 39.2 Å². The summed E-state index contributed by atoms with van der Waals surface area (Å²) in [7, 11) is 4.04. The Balaban J connectivity index is 2.03. The van der Waals surface area contributed by atoms with Crippen molar-refractivity contribution in [2.75, 3.05) is 37.8 Å². The van der Waals surface area contributed by atoms with Gasteiger partial charge in [-0.25, -0.2) is 0 Å². The molecule has 21 heavy (non-hydrogen) atoms. The van der Waals surface area contributed by atoms with E-state index < -0.39 is 0 Å². The molecule has 1 aromatic carbocycles. The first-order valence-electron chi connectivity index (χ1n) is 6.66. The van der Waals surface area contributed by atoms with E-state index in [9.17, 15) is 0 Å². The molecule has 0 spiro atoms. The maximum Gasteiger partial charge on any atom is 0.244 e. The SMILES string of the molecule is Cc1ccc(Nc2cnnc(NCCN(C)C)n2)c(Br)c1. The van der Waals surface area contributed by atoms with Gasteiger partial charge >= 0.3 is 0 Å². The van der Waals surface area contributed by atoms with Gasteiger partial charge < -0.3 is 15.5 Å². The molecule has 2 aromatic rings. The molecule has 2 rings (SSSR count). The van der Waals surface area contributed by atoms with Crippen LogP contribution in [0.1, 0.15) is 5.56 Å². The summed E-state index contributed by atoms with van der Waals surface area (Å²) in [6, 6.07) is 6.09. The van der Waals surface area contributed by atoms with Crippen molar-refractivity contribution in [2.24, 2.45) is 0 Å². The third-order valence-electron chi connectivity index (χ3n) is 2.79. The highest BCUT2D eigenvalue weighted by Crippen LogP contribution is 2.25. The van der Waals surface area contributed by atoms with E-state index in [-0.39, 0.29) is 0 Å². The number of nitrogens with one attached hydrogen (secondary N) is 2. The monoisotopic (exact) mass is 350 g/mol. The van der Waals surface area contributed by atoms with Crippen LogP contribution in [-0.2, 0) is 0 Å². The lowest BCUT2D eigenvalue weighted by Crippen LogP contribution is -2.21. The van der Waals surface area contributed by atoms with E-state index >= 15 is 0 Å². The number of likely N-dealkylation sites (N-methyl/N-ethyl adjacent to an activating group) is 1. The van der Waals surface area contributed by atoms with E-state index in [0.717, 1.165) is 23.2 Å². The standard InChI is InChI=1S/C14H19BrN6/c1-10-4-5-12(11(15)8-10)18-13-9-17-20-14(19-13)16-6-7-21(2)3/h4-5,8-9H,6-7H2,1-3H3,(H2,16,18,19,20). The number of aromatic nitrogens is 3. The van der Waals surface area contributed by atoms with Gasteiger partial charge in [0.25, 0.3) is 0 Å². The molecule has 7 heteroatoms. The molecule has 1 aromatic heterocycles. The molecule has 6 nitrogen and oxygen atoms in total. The Morgan fingerprint density at radius 2 is 2.10 bits per heavy atom. The van der Waals surface area contributed by atoms with Crippen LogP contribution in [0.15, 0.2) is 28.9 Å². The molecule has 0 aliphatic carbocycles. The predicted molar refractivity (Wildman–Crippen MR) is 89.0 cm³/mol. The van der Waals surface area contributed by atoms with Crippen molar-refractivity contribution in [3.05, 3.63) is 34.4 Å². The predicted octanol–water partition coefficient (Wildman–Crippen LogP) is 2.66. The van der Waals surface area contributed by atoms with Crippen molar-refractivity contribution in [3.63, 3.8) is 0 Å². The van der Waals surface area contributed by atoms with Crippen molar-refractivity contribution >= 4 is 33.4 Å². The topological polar surface area (TPSA) is 66.0 Å². The van der Waals surface area contributed by atoms with Crippen LogP contribution < -0.4 is 10.6 Å². The lowest BCUT2D eigenvalue weighted by molar-refractivity contribution is 0.425. The molecule has 112 valence electrons. The summed E-state index contributed by atoms with van der Waals surface area (Å²) in [5.41, 5.74) is 2.14. The fraction of sp³-hybridized carbons (Fsp3) is 0.357. The molecule has 0 atom stereocenters. The van der Waals surface area contributed by atoms with Crippen molar-refractivity contribution in [1.82, 2.24) is 20.1 Å². The maximum absolute atomic E-state index is 4.39. The highest BCUT2D eigenvalue weighted by molar-refractivity contribution is 9.10. The number of rotatable bonds is 6. The highest BCUT2D eigenvalue weighted by Gasteiger charge is 2.04. The average molecular weight is 351 g/mol. The Bertz CT molecular complexity index is 602. The van der Waals surface area contributed by atoms with Crippen LogP contribution in [0.4, 0.5) is 17.5 Å². The zero-order valence-electron chi connectivity index (χ0n) is 12.4. The van der Waals surface area contributed by atoms with Crippen LogP contribution >= 0.6 is 15.9 Å². The first-order chi connectivity index (χ1) is 10.0. The van der Waals surface area contributed by atoms with Gasteiger partial charge in [-0.1, -0.05) is 6.07 Å². The zero-order valence-corrected chi connectivity index (χ0v) is 14.0. The largest absolute Gasteiger partial charge is 0.352 e. The minimum Gasteiger partial charge on any atom is -0.352 e. The number of halogens is 1. The summed E-state index contributed by atoms with van der Waals surface area (Å²) in [6.07, 6.45) is 1.60. The molecular weight excluding hydrogens is 332 g/mol. The van der Waals surface area contributed by atoms with Gasteiger partial charge in [0, 0.05) is 17.6 Å². The number of nitrogens with zero attached hydrogens (tertiary/aromatic N) is 4. The fourth-order valence-corrected chi connectivity index (χ4v) is 2.28. The summed E-state index contributed by atoms with van der Waals surface area (Å²) < 4.78 is 0.989. The van der Waals surface area contributed by atoms with E-state index in [2.05, 4.69) is 46.6 Å². The lowest BCUT2D eigenvalue weighted by Gasteiger charge is -2.11. The highest BCUT2D eigenvalue weighted by atomic mass is 79.9. The molecule has 1 heterocycles. The number of anilines is 3. The molecule has 0 bridgehead atoms. The third kappa shape index (κ3) is 4.95. The van der Waals surface area contributed by atoms with Crippen molar-refractivity contribution in [2.45, 2.75) is 6.92 Å².